The van der Waals surface area contributed by atoms with Gasteiger partial charge in [0, 0.05) is 31.6 Å². The third-order valence-electron chi connectivity index (χ3n) is 6.76. The maximum atomic E-state index is 13.3. The zero-order chi connectivity index (χ0) is 24.0. The molecule has 1 fully saturated rings. The highest BCUT2D eigenvalue weighted by molar-refractivity contribution is 5.95. The molecule has 182 valence electrons. The Kier molecular flexibility index (Phi) is 7.02. The van der Waals surface area contributed by atoms with Gasteiger partial charge >= 0.3 is 0 Å². The van der Waals surface area contributed by atoms with Crippen LogP contribution < -0.4 is 9.47 Å². The predicted molar refractivity (Wildman–Crippen MR) is 130 cm³/mol. The maximum Gasteiger partial charge on any atom is 0.254 e. The summed E-state index contributed by atoms with van der Waals surface area (Å²) in [6, 6.07) is 19.3. The van der Waals surface area contributed by atoms with Gasteiger partial charge in [-0.25, -0.2) is 0 Å². The number of hydrogen-bond acceptors (Lipinski definition) is 5. The molecular formula is C28H30N2O5. The number of piperidine rings is 1. The van der Waals surface area contributed by atoms with Crippen LogP contribution in [-0.4, -0.2) is 48.0 Å². The van der Waals surface area contributed by atoms with E-state index in [-0.39, 0.29) is 25.0 Å². The van der Waals surface area contributed by atoms with Crippen molar-refractivity contribution in [2.45, 2.75) is 32.2 Å². The number of hydrogen-bond donors (Lipinski definition) is 0. The lowest BCUT2D eigenvalue weighted by atomic mass is 9.90. The van der Waals surface area contributed by atoms with Gasteiger partial charge in [0.05, 0.1) is 12.8 Å². The second-order valence-corrected chi connectivity index (χ2v) is 9.14. The Morgan fingerprint density at radius 1 is 0.943 bits per heavy atom. The minimum atomic E-state index is -0.172. The van der Waals surface area contributed by atoms with Crippen molar-refractivity contribution in [2.24, 2.45) is 5.92 Å². The Morgan fingerprint density at radius 2 is 1.74 bits per heavy atom. The molecule has 0 N–H and O–H groups in total. The molecule has 0 aliphatic carbocycles. The highest BCUT2D eigenvalue weighted by Gasteiger charge is 2.25. The summed E-state index contributed by atoms with van der Waals surface area (Å²) in [5, 5.41) is 0. The Labute approximate surface area is 205 Å². The Balaban J connectivity index is 1.18. The Hall–Kier alpha value is -3.74. The van der Waals surface area contributed by atoms with Crippen molar-refractivity contribution in [1.29, 1.82) is 0 Å². The minimum Gasteiger partial charge on any atom is -0.467 e. The third kappa shape index (κ3) is 5.67. The number of amides is 2. The van der Waals surface area contributed by atoms with Gasteiger partial charge in [-0.05, 0) is 61.1 Å². The average Bonchev–Trinajstić information content (AvgIpc) is 3.58. The molecule has 3 aromatic rings. The molecule has 2 aliphatic rings. The molecule has 0 radical (unpaired) electrons. The first-order valence-electron chi connectivity index (χ1n) is 12.2. The molecule has 0 saturated carbocycles. The van der Waals surface area contributed by atoms with E-state index in [1.54, 1.807) is 35.4 Å². The normalized spacial score (nSPS) is 15.3. The molecule has 0 bridgehead atoms. The van der Waals surface area contributed by atoms with Gasteiger partial charge in [0.15, 0.2) is 11.5 Å². The zero-order valence-electron chi connectivity index (χ0n) is 19.7. The fraction of sp³-hybridized carbons (Fsp3) is 0.357. The summed E-state index contributed by atoms with van der Waals surface area (Å²) in [5.41, 5.74) is 1.85. The van der Waals surface area contributed by atoms with E-state index in [0.717, 1.165) is 32.4 Å². The summed E-state index contributed by atoms with van der Waals surface area (Å²) in [6.07, 6.45) is 4.94. The minimum absolute atomic E-state index is 0.0890. The smallest absolute Gasteiger partial charge is 0.254 e. The summed E-state index contributed by atoms with van der Waals surface area (Å²) in [4.78, 5) is 30.0. The van der Waals surface area contributed by atoms with Gasteiger partial charge in [0.2, 0.25) is 12.7 Å². The molecule has 5 rings (SSSR count). The number of ether oxygens (including phenoxy) is 2. The first kappa shape index (κ1) is 23.0. The summed E-state index contributed by atoms with van der Waals surface area (Å²) in [5.74, 6) is 2.38. The first-order chi connectivity index (χ1) is 17.2. The van der Waals surface area contributed by atoms with E-state index >= 15 is 0 Å². The topological polar surface area (TPSA) is 72.2 Å². The van der Waals surface area contributed by atoms with Gasteiger partial charge in [-0.15, -0.1) is 0 Å². The largest absolute Gasteiger partial charge is 0.467 e. The van der Waals surface area contributed by atoms with E-state index in [1.165, 1.54) is 5.56 Å². The van der Waals surface area contributed by atoms with Crippen LogP contribution in [0.4, 0.5) is 0 Å². The van der Waals surface area contributed by atoms with Crippen LogP contribution in [0.5, 0.6) is 11.5 Å². The molecule has 3 heterocycles. The number of rotatable bonds is 8. The van der Waals surface area contributed by atoms with Gasteiger partial charge in [0.1, 0.15) is 5.76 Å². The molecule has 7 nitrogen and oxygen atoms in total. The predicted octanol–water partition coefficient (Wildman–Crippen LogP) is 4.52. The Morgan fingerprint density at radius 3 is 2.51 bits per heavy atom. The van der Waals surface area contributed by atoms with Gasteiger partial charge in [-0.1, -0.05) is 30.3 Å². The summed E-state index contributed by atoms with van der Waals surface area (Å²) >= 11 is 0. The number of benzene rings is 2. The number of likely N-dealkylation sites (tertiary alicyclic amines) is 1. The lowest BCUT2D eigenvalue weighted by Crippen LogP contribution is -2.41. The van der Waals surface area contributed by atoms with E-state index in [1.807, 2.05) is 17.0 Å². The van der Waals surface area contributed by atoms with Crippen LogP contribution in [-0.2, 0) is 17.8 Å². The highest BCUT2D eigenvalue weighted by Crippen LogP contribution is 2.33. The molecule has 0 atom stereocenters. The SMILES string of the molecule is O=C(CCN(Cc1ccco1)C(=O)c1ccc2c(c1)OCO2)N1CCC(Cc2ccccc2)CC1. The summed E-state index contributed by atoms with van der Waals surface area (Å²) in [6.45, 7) is 2.30. The highest BCUT2D eigenvalue weighted by atomic mass is 16.7. The molecule has 2 amide bonds. The van der Waals surface area contributed by atoms with Crippen molar-refractivity contribution in [3.8, 4) is 11.5 Å². The van der Waals surface area contributed by atoms with Gasteiger partial charge in [-0.2, -0.15) is 0 Å². The molecule has 0 spiro atoms. The molecule has 1 aromatic heterocycles. The third-order valence-corrected chi connectivity index (χ3v) is 6.76. The van der Waals surface area contributed by atoms with E-state index in [9.17, 15) is 9.59 Å². The van der Waals surface area contributed by atoms with Crippen LogP contribution in [0.25, 0.3) is 0 Å². The number of carbonyl (C=O) groups excluding carboxylic acids is 2. The molecular weight excluding hydrogens is 444 g/mol. The molecule has 2 aliphatic heterocycles. The monoisotopic (exact) mass is 474 g/mol. The molecule has 35 heavy (non-hydrogen) atoms. The van der Waals surface area contributed by atoms with Gasteiger partial charge in [-0.3, -0.25) is 9.59 Å². The lowest BCUT2D eigenvalue weighted by molar-refractivity contribution is -0.132. The van der Waals surface area contributed by atoms with Crippen molar-refractivity contribution in [3.05, 3.63) is 83.8 Å². The molecule has 2 aromatic carbocycles. The number of furan rings is 1. The van der Waals surface area contributed by atoms with E-state index in [0.29, 0.717) is 41.8 Å². The lowest BCUT2D eigenvalue weighted by Gasteiger charge is -2.33. The molecule has 7 heteroatoms. The van der Waals surface area contributed by atoms with Crippen LogP contribution in [0.15, 0.2) is 71.3 Å². The van der Waals surface area contributed by atoms with Crippen molar-refractivity contribution in [1.82, 2.24) is 9.80 Å². The van der Waals surface area contributed by atoms with Crippen LogP contribution in [0.2, 0.25) is 0 Å². The van der Waals surface area contributed by atoms with Crippen LogP contribution in [0.1, 0.15) is 40.9 Å². The van der Waals surface area contributed by atoms with Crippen molar-refractivity contribution in [2.75, 3.05) is 26.4 Å². The van der Waals surface area contributed by atoms with Crippen molar-refractivity contribution < 1.29 is 23.5 Å². The number of fused-ring (bicyclic) bond motifs is 1. The van der Waals surface area contributed by atoms with Crippen LogP contribution in [0.3, 0.4) is 0 Å². The number of nitrogens with zero attached hydrogens (tertiary/aromatic N) is 2. The van der Waals surface area contributed by atoms with Crippen LogP contribution >= 0.6 is 0 Å². The van der Waals surface area contributed by atoms with E-state index in [4.69, 9.17) is 13.9 Å². The Bertz CT molecular complexity index is 1140. The number of carbonyl (C=O) groups is 2. The van der Waals surface area contributed by atoms with Crippen molar-refractivity contribution >= 4 is 11.8 Å². The van der Waals surface area contributed by atoms with E-state index < -0.39 is 0 Å². The molecule has 0 unspecified atom stereocenters. The quantitative estimate of drug-likeness (QED) is 0.480. The van der Waals surface area contributed by atoms with E-state index in [2.05, 4.69) is 24.3 Å². The van der Waals surface area contributed by atoms with Crippen molar-refractivity contribution in [3.63, 3.8) is 0 Å². The standard InChI is InChI=1S/C28H30N2O5/c31-27(29-13-10-22(11-14-29)17-21-5-2-1-3-6-21)12-15-30(19-24-7-4-16-33-24)28(32)23-8-9-25-26(18-23)35-20-34-25/h1-9,16,18,22H,10-15,17,19-20H2. The van der Waals surface area contributed by atoms with Gasteiger partial charge < -0.3 is 23.7 Å². The zero-order valence-corrected chi connectivity index (χ0v) is 19.7. The second-order valence-electron chi connectivity index (χ2n) is 9.14. The fourth-order valence-electron chi connectivity index (χ4n) is 4.78. The summed E-state index contributed by atoms with van der Waals surface area (Å²) in [7, 11) is 0. The van der Waals surface area contributed by atoms with Crippen LogP contribution in [0, 0.1) is 5.92 Å². The maximum absolute atomic E-state index is 13.3. The fourth-order valence-corrected chi connectivity index (χ4v) is 4.78. The van der Waals surface area contributed by atoms with Gasteiger partial charge in [0.25, 0.3) is 5.91 Å². The first-order valence-corrected chi connectivity index (χ1v) is 12.2. The summed E-state index contributed by atoms with van der Waals surface area (Å²) < 4.78 is 16.3. The molecule has 1 saturated heterocycles. The average molecular weight is 475 g/mol. The second kappa shape index (κ2) is 10.7.